The van der Waals surface area contributed by atoms with Crippen molar-refractivity contribution in [3.8, 4) is 0 Å². The summed E-state index contributed by atoms with van der Waals surface area (Å²) < 4.78 is 12.6. The number of H-pyrrole nitrogens is 1. The maximum absolute atomic E-state index is 12.6. The van der Waals surface area contributed by atoms with Crippen molar-refractivity contribution in [2.75, 3.05) is 5.32 Å². The largest absolute Gasteiger partial charge is 0.321 e. The number of carbonyl (C=O) groups excluding carboxylic acids is 1. The molecule has 0 fully saturated rings. The first-order valence-electron chi connectivity index (χ1n) is 4.54. The number of hydrogen-bond acceptors (Lipinski definition) is 2. The van der Waals surface area contributed by atoms with Crippen molar-refractivity contribution in [2.24, 2.45) is 0 Å². The van der Waals surface area contributed by atoms with Gasteiger partial charge >= 0.3 is 0 Å². The summed E-state index contributed by atoms with van der Waals surface area (Å²) in [6.45, 7) is 0. The lowest BCUT2D eigenvalue weighted by Crippen LogP contribution is -2.12. The Morgan fingerprint density at radius 3 is 2.47 bits per heavy atom. The van der Waals surface area contributed by atoms with Gasteiger partial charge in [-0.2, -0.15) is 5.10 Å². The summed E-state index contributed by atoms with van der Waals surface area (Å²) in [5.41, 5.74) is 0.424. The molecule has 0 aliphatic carbocycles. The van der Waals surface area contributed by atoms with E-state index in [1.54, 1.807) is 0 Å². The molecule has 1 aromatic carbocycles. The fraction of sp³-hybridized carbons (Fsp3) is 0. The number of nitrogens with zero attached hydrogens (tertiary/aromatic N) is 1. The average molecular weight is 274 g/mol. The van der Waals surface area contributed by atoms with Crippen LogP contribution in [-0.2, 0) is 0 Å². The summed E-state index contributed by atoms with van der Waals surface area (Å²) in [7, 11) is 0. The number of rotatable bonds is 2. The summed E-state index contributed by atoms with van der Waals surface area (Å²) in [4.78, 5) is 11.7. The Labute approximate surface area is 106 Å². The first-order chi connectivity index (χ1) is 8.08. The molecule has 0 aliphatic heterocycles. The standard InChI is InChI=1S/C10H6Cl2FN3O/c11-7-8(15-16-9(7)12)10(17)14-6-3-1-5(13)2-4-6/h1-4H,(H,14,17)(H,15,16). The predicted octanol–water partition coefficient (Wildman–Crippen LogP) is 3.11. The van der Waals surface area contributed by atoms with Crippen LogP contribution in [0.25, 0.3) is 0 Å². The Hall–Kier alpha value is -1.59. The highest BCUT2D eigenvalue weighted by Gasteiger charge is 2.17. The molecule has 0 spiro atoms. The van der Waals surface area contributed by atoms with Crippen molar-refractivity contribution >= 4 is 34.8 Å². The molecule has 0 unspecified atom stereocenters. The van der Waals surface area contributed by atoms with Gasteiger partial charge in [0.15, 0.2) is 5.69 Å². The first-order valence-corrected chi connectivity index (χ1v) is 5.30. The lowest BCUT2D eigenvalue weighted by molar-refractivity contribution is 0.102. The molecule has 88 valence electrons. The highest BCUT2D eigenvalue weighted by molar-refractivity contribution is 6.43. The molecule has 0 saturated carbocycles. The monoisotopic (exact) mass is 273 g/mol. The SMILES string of the molecule is O=C(Nc1ccc(F)cc1)c1n[nH]c(Cl)c1Cl. The van der Waals surface area contributed by atoms with Crippen LogP contribution in [0.5, 0.6) is 0 Å². The van der Waals surface area contributed by atoms with Gasteiger partial charge in [0.25, 0.3) is 5.91 Å². The van der Waals surface area contributed by atoms with Gasteiger partial charge < -0.3 is 5.32 Å². The molecule has 2 N–H and O–H groups in total. The number of nitrogens with one attached hydrogen (secondary N) is 2. The number of carbonyl (C=O) groups is 1. The summed E-state index contributed by atoms with van der Waals surface area (Å²) in [5.74, 6) is -0.909. The van der Waals surface area contributed by atoms with E-state index in [0.717, 1.165) is 0 Å². The van der Waals surface area contributed by atoms with Crippen molar-refractivity contribution in [3.05, 3.63) is 46.0 Å². The van der Waals surface area contributed by atoms with Crippen LogP contribution in [0.15, 0.2) is 24.3 Å². The lowest BCUT2D eigenvalue weighted by Gasteiger charge is -2.02. The van der Waals surface area contributed by atoms with Gasteiger partial charge in [0, 0.05) is 5.69 Å². The van der Waals surface area contributed by atoms with Crippen LogP contribution in [0, 0.1) is 5.82 Å². The number of amides is 1. The third-order valence-corrected chi connectivity index (χ3v) is 2.72. The highest BCUT2D eigenvalue weighted by atomic mass is 35.5. The molecule has 2 rings (SSSR count). The van der Waals surface area contributed by atoms with Crippen molar-refractivity contribution < 1.29 is 9.18 Å². The van der Waals surface area contributed by atoms with E-state index in [9.17, 15) is 9.18 Å². The van der Waals surface area contributed by atoms with E-state index in [0.29, 0.717) is 5.69 Å². The molecule has 0 saturated heterocycles. The third kappa shape index (κ3) is 2.57. The van der Waals surface area contributed by atoms with E-state index in [2.05, 4.69) is 15.5 Å². The zero-order valence-electron chi connectivity index (χ0n) is 8.30. The molecule has 1 aromatic heterocycles. The third-order valence-electron chi connectivity index (χ3n) is 1.98. The van der Waals surface area contributed by atoms with Crippen molar-refractivity contribution in [1.82, 2.24) is 10.2 Å². The van der Waals surface area contributed by atoms with Crippen molar-refractivity contribution in [2.45, 2.75) is 0 Å². The molecule has 1 amide bonds. The van der Waals surface area contributed by atoms with Crippen LogP contribution < -0.4 is 5.32 Å². The zero-order valence-corrected chi connectivity index (χ0v) is 9.81. The lowest BCUT2D eigenvalue weighted by atomic mass is 10.3. The second-order valence-electron chi connectivity index (χ2n) is 3.16. The van der Waals surface area contributed by atoms with Gasteiger partial charge in [-0.3, -0.25) is 9.89 Å². The summed E-state index contributed by atoms with van der Waals surface area (Å²) in [5, 5.41) is 8.68. The fourth-order valence-corrected chi connectivity index (χ4v) is 1.48. The molecular weight excluding hydrogens is 268 g/mol. The van der Waals surface area contributed by atoms with Gasteiger partial charge in [-0.1, -0.05) is 23.2 Å². The Balaban J connectivity index is 2.17. The molecule has 0 radical (unpaired) electrons. The minimum absolute atomic E-state index is 0.0130. The molecule has 2 aromatic rings. The molecule has 4 nitrogen and oxygen atoms in total. The quantitative estimate of drug-likeness (QED) is 0.883. The Kier molecular flexibility index (Phi) is 3.31. The Morgan fingerprint density at radius 1 is 1.29 bits per heavy atom. The van der Waals surface area contributed by atoms with Gasteiger partial charge in [-0.05, 0) is 24.3 Å². The second-order valence-corrected chi connectivity index (χ2v) is 3.92. The molecule has 0 bridgehead atoms. The van der Waals surface area contributed by atoms with Crippen molar-refractivity contribution in [1.29, 1.82) is 0 Å². The fourth-order valence-electron chi connectivity index (χ4n) is 1.18. The van der Waals surface area contributed by atoms with Gasteiger partial charge in [-0.25, -0.2) is 4.39 Å². The maximum atomic E-state index is 12.6. The van der Waals surface area contributed by atoms with E-state index < -0.39 is 5.91 Å². The first kappa shape index (κ1) is 11.9. The molecule has 7 heteroatoms. The Morgan fingerprint density at radius 2 is 1.94 bits per heavy atom. The number of hydrogen-bond donors (Lipinski definition) is 2. The van der Waals surface area contributed by atoms with E-state index in [1.165, 1.54) is 24.3 Å². The van der Waals surface area contributed by atoms with Crippen LogP contribution in [0.2, 0.25) is 10.2 Å². The van der Waals surface area contributed by atoms with E-state index in [1.807, 2.05) is 0 Å². The number of aromatic nitrogens is 2. The van der Waals surface area contributed by atoms with Crippen LogP contribution in [-0.4, -0.2) is 16.1 Å². The molecule has 0 aliphatic rings. The molecule has 17 heavy (non-hydrogen) atoms. The van der Waals surface area contributed by atoms with Crippen molar-refractivity contribution in [3.63, 3.8) is 0 Å². The number of anilines is 1. The van der Waals surface area contributed by atoms with Gasteiger partial charge in [0.2, 0.25) is 0 Å². The molecular formula is C10H6Cl2FN3O. The number of halogens is 3. The minimum Gasteiger partial charge on any atom is -0.321 e. The molecule has 1 heterocycles. The normalized spacial score (nSPS) is 10.3. The summed E-state index contributed by atoms with van der Waals surface area (Å²) in [6.07, 6.45) is 0. The van der Waals surface area contributed by atoms with Gasteiger partial charge in [0.05, 0.1) is 0 Å². The maximum Gasteiger partial charge on any atom is 0.277 e. The topological polar surface area (TPSA) is 57.8 Å². The smallest absolute Gasteiger partial charge is 0.277 e. The zero-order chi connectivity index (χ0) is 12.4. The van der Waals surface area contributed by atoms with Crippen LogP contribution >= 0.6 is 23.2 Å². The van der Waals surface area contributed by atoms with E-state index >= 15 is 0 Å². The van der Waals surface area contributed by atoms with Crippen LogP contribution in [0.4, 0.5) is 10.1 Å². The number of aromatic amines is 1. The van der Waals surface area contributed by atoms with Crippen LogP contribution in [0.3, 0.4) is 0 Å². The Bertz CT molecular complexity index is 553. The molecule has 0 atom stereocenters. The minimum atomic E-state index is -0.523. The average Bonchev–Trinajstić information content (AvgIpc) is 2.63. The number of benzene rings is 1. The summed E-state index contributed by atoms with van der Waals surface area (Å²) in [6, 6.07) is 5.31. The summed E-state index contributed by atoms with van der Waals surface area (Å²) >= 11 is 11.4. The second kappa shape index (κ2) is 4.73. The highest BCUT2D eigenvalue weighted by Crippen LogP contribution is 2.23. The van der Waals surface area contributed by atoms with Gasteiger partial charge in [0.1, 0.15) is 16.0 Å². The van der Waals surface area contributed by atoms with E-state index in [-0.39, 0.29) is 21.7 Å². The van der Waals surface area contributed by atoms with Crippen LogP contribution in [0.1, 0.15) is 10.5 Å². The van der Waals surface area contributed by atoms with Gasteiger partial charge in [-0.15, -0.1) is 0 Å². The predicted molar refractivity (Wildman–Crippen MR) is 63.0 cm³/mol. The van der Waals surface area contributed by atoms with E-state index in [4.69, 9.17) is 23.2 Å².